The van der Waals surface area contributed by atoms with E-state index in [1.54, 1.807) is 4.90 Å². The maximum Gasteiger partial charge on any atom is 0.239 e. The average Bonchev–Trinajstić information content (AvgIpc) is 3.08. The van der Waals surface area contributed by atoms with Crippen molar-refractivity contribution in [3.8, 4) is 0 Å². The molecule has 0 N–H and O–H groups in total. The highest BCUT2D eigenvalue weighted by Gasteiger charge is 2.40. The van der Waals surface area contributed by atoms with Crippen molar-refractivity contribution in [1.82, 2.24) is 9.80 Å². The fourth-order valence-corrected chi connectivity index (χ4v) is 5.22. The molecule has 1 aromatic rings. The number of hydrogen-bond acceptors (Lipinski definition) is 4. The maximum absolute atomic E-state index is 13.5. The largest absolute Gasteiger partial charge is 0.373 e. The molecule has 3 fully saturated rings. The van der Waals surface area contributed by atoms with Gasteiger partial charge >= 0.3 is 0 Å². The van der Waals surface area contributed by atoms with Gasteiger partial charge in [-0.05, 0) is 51.2 Å². The highest BCUT2D eigenvalue weighted by atomic mass is 19.1. The Morgan fingerprint density at radius 2 is 1.61 bits per heavy atom. The predicted octanol–water partition coefficient (Wildman–Crippen LogP) is 2.67. The highest BCUT2D eigenvalue weighted by Crippen LogP contribution is 2.29. The van der Waals surface area contributed by atoms with Gasteiger partial charge in [0, 0.05) is 51.0 Å². The molecule has 2 amide bonds. The number of anilines is 1. The smallest absolute Gasteiger partial charge is 0.239 e. The first-order valence-corrected chi connectivity index (χ1v) is 11.2. The van der Waals surface area contributed by atoms with Crippen molar-refractivity contribution in [2.45, 2.75) is 45.3 Å². The number of carbonyl (C=O) groups is 2. The van der Waals surface area contributed by atoms with Gasteiger partial charge in [0.05, 0.1) is 12.2 Å². The van der Waals surface area contributed by atoms with Crippen LogP contribution in [0.3, 0.4) is 0 Å². The molecule has 3 aliphatic heterocycles. The van der Waals surface area contributed by atoms with Crippen LogP contribution in [0.5, 0.6) is 0 Å². The van der Waals surface area contributed by atoms with Gasteiger partial charge in [-0.2, -0.15) is 0 Å². The SMILES string of the molecule is CC1CN(CC2CCN(C(=O)C3CCN(c4cc(F)cc(F)c4)C3=O)CC2)CC(C)O1. The Hall–Kier alpha value is -2.06. The molecule has 1 aromatic carbocycles. The lowest BCUT2D eigenvalue weighted by atomic mass is 9.94. The van der Waals surface area contributed by atoms with E-state index >= 15 is 0 Å². The minimum absolute atomic E-state index is 0.156. The molecular weight excluding hydrogens is 404 g/mol. The Bertz CT molecular complexity index is 798. The molecule has 3 atom stereocenters. The Kier molecular flexibility index (Phi) is 6.57. The molecule has 31 heavy (non-hydrogen) atoms. The number of benzene rings is 1. The Labute approximate surface area is 182 Å². The van der Waals surface area contributed by atoms with Gasteiger partial charge in [0.25, 0.3) is 0 Å². The molecule has 170 valence electrons. The summed E-state index contributed by atoms with van der Waals surface area (Å²) in [6.07, 6.45) is 2.71. The van der Waals surface area contributed by atoms with E-state index in [4.69, 9.17) is 4.74 Å². The van der Waals surface area contributed by atoms with Crippen LogP contribution in [0.25, 0.3) is 0 Å². The van der Waals surface area contributed by atoms with Gasteiger partial charge in [-0.1, -0.05) is 0 Å². The molecule has 0 aromatic heterocycles. The second-order valence-electron chi connectivity index (χ2n) is 9.20. The quantitative estimate of drug-likeness (QED) is 0.683. The maximum atomic E-state index is 13.5. The van der Waals surface area contributed by atoms with Crippen molar-refractivity contribution in [3.05, 3.63) is 29.8 Å². The molecule has 0 spiro atoms. The number of hydrogen-bond donors (Lipinski definition) is 0. The lowest BCUT2D eigenvalue weighted by Gasteiger charge is -2.39. The number of carbonyl (C=O) groups excluding carboxylic acids is 2. The van der Waals surface area contributed by atoms with Crippen LogP contribution in [-0.4, -0.2) is 73.1 Å². The number of morpholine rings is 1. The lowest BCUT2D eigenvalue weighted by Crippen LogP contribution is -2.49. The minimum atomic E-state index is -0.760. The van der Waals surface area contributed by atoms with Gasteiger partial charge in [-0.25, -0.2) is 8.78 Å². The third-order valence-electron chi connectivity index (χ3n) is 6.60. The number of likely N-dealkylation sites (tertiary alicyclic amines) is 1. The molecule has 0 saturated carbocycles. The summed E-state index contributed by atoms with van der Waals surface area (Å²) in [6, 6.07) is 3.04. The number of amides is 2. The van der Waals surface area contributed by atoms with Crippen molar-refractivity contribution >= 4 is 17.5 Å². The van der Waals surface area contributed by atoms with E-state index in [0.29, 0.717) is 32.0 Å². The van der Waals surface area contributed by atoms with Gasteiger partial charge in [-0.3, -0.25) is 14.5 Å². The predicted molar refractivity (Wildman–Crippen MR) is 113 cm³/mol. The number of ether oxygens (including phenoxy) is 1. The van der Waals surface area contributed by atoms with Crippen molar-refractivity contribution in [2.75, 3.05) is 44.2 Å². The second kappa shape index (κ2) is 9.20. The van der Waals surface area contributed by atoms with E-state index < -0.39 is 17.6 Å². The normalized spacial score (nSPS) is 28.4. The van der Waals surface area contributed by atoms with Crippen molar-refractivity contribution < 1.29 is 23.1 Å². The number of nitrogens with zero attached hydrogens (tertiary/aromatic N) is 3. The first-order chi connectivity index (χ1) is 14.8. The van der Waals surface area contributed by atoms with Crippen LogP contribution in [-0.2, 0) is 14.3 Å². The summed E-state index contributed by atoms with van der Waals surface area (Å²) >= 11 is 0. The molecule has 3 saturated heterocycles. The van der Waals surface area contributed by atoms with E-state index in [1.807, 2.05) is 0 Å². The molecule has 3 aliphatic rings. The molecular formula is C23H31F2N3O3. The highest BCUT2D eigenvalue weighted by molar-refractivity contribution is 6.09. The van der Waals surface area contributed by atoms with Gasteiger partial charge in [0.15, 0.2) is 0 Å². The van der Waals surface area contributed by atoms with Crippen LogP contribution in [0.2, 0.25) is 0 Å². The molecule has 0 bridgehead atoms. The van der Waals surface area contributed by atoms with Crippen LogP contribution in [0.4, 0.5) is 14.5 Å². The zero-order valence-electron chi connectivity index (χ0n) is 18.2. The summed E-state index contributed by atoms with van der Waals surface area (Å²) in [5.41, 5.74) is 0.172. The summed E-state index contributed by atoms with van der Waals surface area (Å²) in [4.78, 5) is 31.4. The number of piperidine rings is 1. The average molecular weight is 436 g/mol. The van der Waals surface area contributed by atoms with E-state index in [9.17, 15) is 18.4 Å². The van der Waals surface area contributed by atoms with Crippen LogP contribution >= 0.6 is 0 Å². The zero-order valence-corrected chi connectivity index (χ0v) is 18.2. The molecule has 3 unspecified atom stereocenters. The summed E-state index contributed by atoms with van der Waals surface area (Å²) in [7, 11) is 0. The minimum Gasteiger partial charge on any atom is -0.373 e. The van der Waals surface area contributed by atoms with Crippen molar-refractivity contribution in [1.29, 1.82) is 0 Å². The second-order valence-corrected chi connectivity index (χ2v) is 9.20. The summed E-state index contributed by atoms with van der Waals surface area (Å²) in [5, 5.41) is 0. The van der Waals surface area contributed by atoms with Gasteiger partial charge < -0.3 is 14.5 Å². The summed E-state index contributed by atoms with van der Waals surface area (Å²) in [6.45, 7) is 8.69. The molecule has 6 nitrogen and oxygen atoms in total. The van der Waals surface area contributed by atoms with Crippen LogP contribution in [0.1, 0.15) is 33.1 Å². The summed E-state index contributed by atoms with van der Waals surface area (Å²) in [5.74, 6) is -2.21. The number of rotatable bonds is 4. The summed E-state index contributed by atoms with van der Waals surface area (Å²) < 4.78 is 32.9. The fourth-order valence-electron chi connectivity index (χ4n) is 5.22. The Morgan fingerprint density at radius 3 is 2.23 bits per heavy atom. The number of halogens is 2. The first kappa shape index (κ1) is 22.1. The molecule has 8 heteroatoms. The fraction of sp³-hybridized carbons (Fsp3) is 0.652. The standard InChI is InChI=1S/C23H31F2N3O3/c1-15-12-26(13-16(2)31-15)14-17-3-6-27(7-4-17)22(29)21-5-8-28(23(21)30)20-10-18(24)9-19(25)11-20/h9-11,15-17,21H,3-8,12-14H2,1-2H3. The van der Waals surface area contributed by atoms with Crippen LogP contribution in [0.15, 0.2) is 18.2 Å². The van der Waals surface area contributed by atoms with E-state index in [-0.39, 0.29) is 29.7 Å². The first-order valence-electron chi connectivity index (χ1n) is 11.2. The van der Waals surface area contributed by atoms with Crippen LogP contribution in [0, 0.1) is 23.5 Å². The van der Waals surface area contributed by atoms with E-state index in [0.717, 1.165) is 50.7 Å². The van der Waals surface area contributed by atoms with Gasteiger partial charge in [0.1, 0.15) is 17.6 Å². The third-order valence-corrected chi connectivity index (χ3v) is 6.60. The topological polar surface area (TPSA) is 53.1 Å². The lowest BCUT2D eigenvalue weighted by molar-refractivity contribution is -0.141. The third kappa shape index (κ3) is 5.06. The van der Waals surface area contributed by atoms with E-state index in [2.05, 4.69) is 18.7 Å². The van der Waals surface area contributed by atoms with Crippen molar-refractivity contribution in [2.24, 2.45) is 11.8 Å². The molecule has 4 rings (SSSR count). The molecule has 0 radical (unpaired) electrons. The van der Waals surface area contributed by atoms with Crippen LogP contribution < -0.4 is 4.90 Å². The molecule has 0 aliphatic carbocycles. The monoisotopic (exact) mass is 435 g/mol. The van der Waals surface area contributed by atoms with Gasteiger partial charge in [-0.15, -0.1) is 0 Å². The van der Waals surface area contributed by atoms with E-state index in [1.165, 1.54) is 4.90 Å². The van der Waals surface area contributed by atoms with Crippen molar-refractivity contribution in [3.63, 3.8) is 0 Å². The van der Waals surface area contributed by atoms with Gasteiger partial charge in [0.2, 0.25) is 11.8 Å². The molecule has 3 heterocycles. The Balaban J connectivity index is 1.30. The zero-order chi connectivity index (χ0) is 22.1. The Morgan fingerprint density at radius 1 is 1.00 bits per heavy atom.